The van der Waals surface area contributed by atoms with Crippen LogP contribution in [0.2, 0.25) is 0 Å². The van der Waals surface area contributed by atoms with E-state index in [2.05, 4.69) is 0 Å². The molecule has 46 heavy (non-hydrogen) atoms. The average Bonchev–Trinajstić information content (AvgIpc) is 3.30. The Morgan fingerprint density at radius 2 is 1.24 bits per heavy atom. The van der Waals surface area contributed by atoms with E-state index in [0.717, 1.165) is 6.42 Å². The molecule has 0 amide bonds. The van der Waals surface area contributed by atoms with Crippen molar-refractivity contribution >= 4 is 26.2 Å². The number of carbonyl (C=O) groups excluding carboxylic acids is 1. The highest BCUT2D eigenvalue weighted by atomic mass is 32.3. The van der Waals surface area contributed by atoms with Gasteiger partial charge in [-0.1, -0.05) is 50.2 Å². The lowest BCUT2D eigenvalue weighted by atomic mass is 9.70. The fraction of sp³-hybridized carbons (Fsp3) is 0.486. The molecule has 0 spiro atoms. The third-order valence-corrected chi connectivity index (χ3v) is 14.6. The zero-order valence-electron chi connectivity index (χ0n) is 28.2. The minimum atomic E-state index is -4.36. The van der Waals surface area contributed by atoms with E-state index in [1.807, 2.05) is 116 Å². The van der Waals surface area contributed by atoms with Gasteiger partial charge in [-0.3, -0.25) is 4.79 Å². The molecule has 3 aromatic carbocycles. The fourth-order valence-electron chi connectivity index (χ4n) is 7.16. The summed E-state index contributed by atoms with van der Waals surface area (Å²) in [5.74, 6) is 1.17. The zero-order chi connectivity index (χ0) is 33.5. The number of Topliss-reactive ketones (excluding diaryl/α,β-unsaturated/α-hetero) is 1. The van der Waals surface area contributed by atoms with Gasteiger partial charge >= 0.3 is 0 Å². The first-order valence-corrected chi connectivity index (χ1v) is 19.3. The molecule has 0 aromatic heterocycles. The molecule has 2 unspecified atom stereocenters. The Morgan fingerprint density at radius 3 is 1.63 bits per heavy atom. The molecular weight excluding hydrogens is 621 g/mol. The summed E-state index contributed by atoms with van der Waals surface area (Å²) in [5.41, 5.74) is -1.45. The Balaban J connectivity index is 1.83. The van der Waals surface area contributed by atoms with Crippen molar-refractivity contribution in [3.8, 4) is 17.2 Å². The first kappa shape index (κ1) is 34.3. The van der Waals surface area contributed by atoms with Crippen molar-refractivity contribution in [1.29, 1.82) is 0 Å². The van der Waals surface area contributed by atoms with Gasteiger partial charge in [0.2, 0.25) is 0 Å². The predicted octanol–water partition coefficient (Wildman–Crippen LogP) is 8.99. The molecule has 2 saturated carbocycles. The Morgan fingerprint density at radius 1 is 0.761 bits per heavy atom. The lowest BCUT2D eigenvalue weighted by Gasteiger charge is -2.43. The van der Waals surface area contributed by atoms with E-state index in [0.29, 0.717) is 44.8 Å². The van der Waals surface area contributed by atoms with Crippen LogP contribution in [0, 0.1) is 16.7 Å². The molecule has 0 N–H and O–H groups in total. The van der Waals surface area contributed by atoms with Crippen LogP contribution in [0.1, 0.15) is 74.7 Å². The van der Waals surface area contributed by atoms with Gasteiger partial charge in [0.1, 0.15) is 27.9 Å². The molecule has 3 aromatic rings. The number of fused-ring (bicyclic) bond motifs is 2. The summed E-state index contributed by atoms with van der Waals surface area (Å²) in [7, 11) is -7.47. The second-order valence-corrected chi connectivity index (χ2v) is 18.3. The molecule has 0 radical (unpaired) electrons. The number of rotatable bonds is 13. The maximum Gasteiger partial charge on any atom is 0.278 e. The zero-order valence-corrected chi connectivity index (χ0v) is 29.9. The molecule has 0 aliphatic heterocycles. The molecule has 2 fully saturated rings. The van der Waals surface area contributed by atoms with E-state index in [1.54, 1.807) is 12.1 Å². The van der Waals surface area contributed by atoms with E-state index in [-0.39, 0.29) is 35.8 Å². The van der Waals surface area contributed by atoms with Crippen molar-refractivity contribution in [2.45, 2.75) is 108 Å². The predicted molar refractivity (Wildman–Crippen MR) is 182 cm³/mol. The Bertz CT molecular complexity index is 1580. The third-order valence-electron chi connectivity index (χ3n) is 9.30. The van der Waals surface area contributed by atoms with Crippen molar-refractivity contribution in [2.24, 2.45) is 16.7 Å². The van der Waals surface area contributed by atoms with Gasteiger partial charge in [0.25, 0.3) is 10.1 Å². The van der Waals surface area contributed by atoms with Crippen LogP contribution in [0.3, 0.4) is 0 Å². The molecule has 2 aliphatic rings. The van der Waals surface area contributed by atoms with Gasteiger partial charge in [0.05, 0.1) is 29.5 Å². The molecular formula is C37H48O7S2. The number of hydrogen-bond acceptors (Lipinski definition) is 7. The van der Waals surface area contributed by atoms with Crippen LogP contribution in [0.4, 0.5) is 0 Å². The van der Waals surface area contributed by atoms with E-state index in [1.165, 1.54) is 0 Å². The summed E-state index contributed by atoms with van der Waals surface area (Å²) in [5, 5.41) is 0. The molecule has 7 nitrogen and oxygen atoms in total. The summed E-state index contributed by atoms with van der Waals surface area (Å²) in [6.45, 7) is 15.7. The summed E-state index contributed by atoms with van der Waals surface area (Å²) >= 11 is 0. The normalized spacial score (nSPS) is 21.3. The quantitative estimate of drug-likeness (QED) is 0.180. The van der Waals surface area contributed by atoms with Crippen LogP contribution in [0.5, 0.6) is 17.2 Å². The van der Waals surface area contributed by atoms with Crippen LogP contribution in [-0.2, 0) is 18.5 Å². The maximum atomic E-state index is 14.8. The second kappa shape index (κ2) is 12.9. The Hall–Kier alpha value is -3.01. The van der Waals surface area contributed by atoms with Crippen molar-refractivity contribution < 1.29 is 31.1 Å². The highest BCUT2D eigenvalue weighted by Gasteiger charge is 2.66. The number of hydrogen-bond donors (Lipinski definition) is 0. The standard InChI is InChI=1S/C37H48O7S2/c1-25(2)41-29-22-32(42-26(3)4)35(33(23-29)43-27(5)6)46(30-15-11-9-12-16-30,31-17-13-10-14-18-31)44-45(39,40)24-37-20-19-28(21-34(37)38)36(37,7)8/h9-18,22-23,25-28H,19-21,24H2,1-8H3. The Kier molecular flexibility index (Phi) is 9.62. The average molecular weight is 669 g/mol. The second-order valence-electron chi connectivity index (χ2n) is 13.9. The molecule has 2 bridgehead atoms. The van der Waals surface area contributed by atoms with Crippen LogP contribution >= 0.6 is 10.3 Å². The maximum absolute atomic E-state index is 14.8. The van der Waals surface area contributed by atoms with Gasteiger partial charge in [-0.25, -0.2) is 3.63 Å². The van der Waals surface area contributed by atoms with Crippen LogP contribution in [0.25, 0.3) is 0 Å². The van der Waals surface area contributed by atoms with Crippen LogP contribution < -0.4 is 14.2 Å². The van der Waals surface area contributed by atoms with Gasteiger partial charge in [-0.15, -0.1) is 0 Å². The molecule has 0 heterocycles. The van der Waals surface area contributed by atoms with E-state index in [4.69, 9.17) is 17.8 Å². The third kappa shape index (κ3) is 6.30. The summed E-state index contributed by atoms with van der Waals surface area (Å²) in [4.78, 5) is 15.3. The molecule has 9 heteroatoms. The van der Waals surface area contributed by atoms with Crippen molar-refractivity contribution in [1.82, 2.24) is 0 Å². The minimum absolute atomic E-state index is 0.0174. The molecule has 2 atom stereocenters. The van der Waals surface area contributed by atoms with Crippen LogP contribution in [0.15, 0.2) is 87.5 Å². The number of benzene rings is 3. The Labute approximate surface area is 276 Å². The lowest BCUT2D eigenvalue weighted by Crippen LogP contribution is -2.42. The van der Waals surface area contributed by atoms with Gasteiger partial charge in [0.15, 0.2) is 0 Å². The molecule has 5 rings (SSSR count). The van der Waals surface area contributed by atoms with E-state index < -0.39 is 31.3 Å². The largest absolute Gasteiger partial charge is 0.491 e. The van der Waals surface area contributed by atoms with Crippen LogP contribution in [-0.4, -0.2) is 38.3 Å². The van der Waals surface area contributed by atoms with Crippen molar-refractivity contribution in [3.05, 3.63) is 72.8 Å². The SMILES string of the molecule is CC(C)Oc1cc(OC(C)C)c(S(OS(=O)(=O)CC23CCC(CC2=O)C3(C)C)(c2ccccc2)c2ccccc2)c(OC(C)C)c1. The van der Waals surface area contributed by atoms with Gasteiger partial charge in [0, 0.05) is 28.3 Å². The van der Waals surface area contributed by atoms with Crippen molar-refractivity contribution in [3.63, 3.8) is 0 Å². The number of carbonyl (C=O) groups is 1. The van der Waals surface area contributed by atoms with Crippen molar-refractivity contribution in [2.75, 3.05) is 5.75 Å². The monoisotopic (exact) mass is 668 g/mol. The van der Waals surface area contributed by atoms with E-state index in [9.17, 15) is 13.2 Å². The van der Waals surface area contributed by atoms with Gasteiger partial charge in [-0.05, 0) is 100 Å². The highest BCUT2D eigenvalue weighted by Crippen LogP contribution is 2.75. The molecule has 2 aliphatic carbocycles. The number of ketones is 1. The van der Waals surface area contributed by atoms with E-state index >= 15 is 0 Å². The van der Waals surface area contributed by atoms with Gasteiger partial charge in [-0.2, -0.15) is 8.42 Å². The van der Waals surface area contributed by atoms with Gasteiger partial charge < -0.3 is 14.2 Å². The summed E-state index contributed by atoms with van der Waals surface area (Å²) < 4.78 is 55.5. The fourth-order valence-corrected chi connectivity index (χ4v) is 13.4. The highest BCUT2D eigenvalue weighted by molar-refractivity contribution is 8.33. The number of ether oxygens (including phenoxy) is 3. The topological polar surface area (TPSA) is 88.1 Å². The molecule has 250 valence electrons. The lowest BCUT2D eigenvalue weighted by molar-refractivity contribution is -0.128. The summed E-state index contributed by atoms with van der Waals surface area (Å²) in [6.07, 6.45) is 1.14. The molecule has 0 saturated heterocycles. The summed E-state index contributed by atoms with van der Waals surface area (Å²) in [6, 6.07) is 22.5. The minimum Gasteiger partial charge on any atom is -0.491 e. The first-order chi connectivity index (χ1) is 21.6. The smallest absolute Gasteiger partial charge is 0.278 e. The first-order valence-electron chi connectivity index (χ1n) is 16.2.